The van der Waals surface area contributed by atoms with Gasteiger partial charge in [0.05, 0.1) is 18.0 Å². The molecule has 1 fully saturated rings. The van der Waals surface area contributed by atoms with Crippen molar-refractivity contribution in [2.75, 3.05) is 0 Å². The fourth-order valence-corrected chi connectivity index (χ4v) is 2.48. The van der Waals surface area contributed by atoms with Gasteiger partial charge in [-0.25, -0.2) is 9.37 Å². The zero-order valence-corrected chi connectivity index (χ0v) is 15.2. The molecule has 1 atom stereocenters. The Balaban J connectivity index is 1.64. The van der Waals surface area contributed by atoms with Crippen LogP contribution in [0.5, 0.6) is 5.88 Å². The summed E-state index contributed by atoms with van der Waals surface area (Å²) in [5, 5.41) is 7.06. The standard InChI is InChI=1S/C17H13F6N5O2/c1-8(16(19,20)21)29-14-11(18)4-9(5-25-14)12-7-28-13(6-24-12)26-27-15(28)17(22,23)30-10-2-3-10/h4-8,10H,2-3H2,1H3. The Morgan fingerprint density at radius 3 is 2.47 bits per heavy atom. The number of fused-ring (bicyclic) bond motifs is 1. The van der Waals surface area contributed by atoms with E-state index < -0.39 is 42.0 Å². The summed E-state index contributed by atoms with van der Waals surface area (Å²) < 4.78 is 90.7. The lowest BCUT2D eigenvalue weighted by Crippen LogP contribution is -2.31. The van der Waals surface area contributed by atoms with Crippen molar-refractivity contribution < 1.29 is 35.8 Å². The lowest BCUT2D eigenvalue weighted by atomic mass is 10.2. The summed E-state index contributed by atoms with van der Waals surface area (Å²) in [5.74, 6) is -2.80. The average molecular weight is 433 g/mol. The average Bonchev–Trinajstić information content (AvgIpc) is 3.35. The Morgan fingerprint density at radius 2 is 1.83 bits per heavy atom. The van der Waals surface area contributed by atoms with Gasteiger partial charge in [-0.1, -0.05) is 0 Å². The molecule has 13 heteroatoms. The molecule has 0 saturated heterocycles. The lowest BCUT2D eigenvalue weighted by molar-refractivity contribution is -0.261. The summed E-state index contributed by atoms with van der Waals surface area (Å²) in [6, 6.07) is 0.836. The second kappa shape index (κ2) is 7.07. The number of rotatable bonds is 6. The molecule has 7 nitrogen and oxygen atoms in total. The third-order valence-corrected chi connectivity index (χ3v) is 4.24. The van der Waals surface area contributed by atoms with Crippen molar-refractivity contribution in [3.63, 3.8) is 0 Å². The molecule has 0 aliphatic heterocycles. The quantitative estimate of drug-likeness (QED) is 0.550. The van der Waals surface area contributed by atoms with Gasteiger partial charge >= 0.3 is 12.3 Å². The molecule has 4 rings (SSSR count). The fraction of sp³-hybridized carbons (Fsp3) is 0.412. The second-order valence-electron chi connectivity index (χ2n) is 6.67. The van der Waals surface area contributed by atoms with Gasteiger partial charge in [0.2, 0.25) is 5.82 Å². The van der Waals surface area contributed by atoms with Crippen LogP contribution in [-0.2, 0) is 10.8 Å². The molecule has 0 radical (unpaired) electrons. The maximum Gasteiger partial charge on any atom is 0.425 e. The molecule has 160 valence electrons. The topological polar surface area (TPSA) is 74.4 Å². The van der Waals surface area contributed by atoms with E-state index in [-0.39, 0.29) is 16.9 Å². The highest BCUT2D eigenvalue weighted by molar-refractivity contribution is 5.59. The summed E-state index contributed by atoms with van der Waals surface area (Å²) >= 11 is 0. The van der Waals surface area contributed by atoms with Gasteiger partial charge in [0.15, 0.2) is 17.6 Å². The molecular formula is C17H13F6N5O2. The van der Waals surface area contributed by atoms with E-state index in [1.807, 2.05) is 0 Å². The number of nitrogens with zero attached hydrogens (tertiary/aromatic N) is 5. The van der Waals surface area contributed by atoms with E-state index in [4.69, 9.17) is 0 Å². The Hall–Kier alpha value is -2.96. The summed E-state index contributed by atoms with van der Waals surface area (Å²) in [6.45, 7) is 0.710. The van der Waals surface area contributed by atoms with Crippen LogP contribution in [0.15, 0.2) is 24.7 Å². The van der Waals surface area contributed by atoms with Crippen LogP contribution in [0.3, 0.4) is 0 Å². The van der Waals surface area contributed by atoms with E-state index in [9.17, 15) is 26.3 Å². The van der Waals surface area contributed by atoms with Gasteiger partial charge in [-0.15, -0.1) is 10.2 Å². The highest BCUT2D eigenvalue weighted by Gasteiger charge is 2.44. The fourth-order valence-electron chi connectivity index (χ4n) is 2.48. The second-order valence-corrected chi connectivity index (χ2v) is 6.67. The lowest BCUT2D eigenvalue weighted by Gasteiger charge is -2.17. The predicted molar refractivity (Wildman–Crippen MR) is 88.1 cm³/mol. The molecule has 1 saturated carbocycles. The first-order valence-electron chi connectivity index (χ1n) is 8.71. The van der Waals surface area contributed by atoms with Crippen molar-refractivity contribution in [3.05, 3.63) is 36.3 Å². The normalized spacial score (nSPS) is 16.1. The van der Waals surface area contributed by atoms with Crippen LogP contribution in [0, 0.1) is 5.82 Å². The molecule has 0 N–H and O–H groups in total. The minimum Gasteiger partial charge on any atom is -0.463 e. The Morgan fingerprint density at radius 1 is 1.10 bits per heavy atom. The summed E-state index contributed by atoms with van der Waals surface area (Å²) in [7, 11) is 0. The van der Waals surface area contributed by atoms with E-state index in [0.29, 0.717) is 19.8 Å². The van der Waals surface area contributed by atoms with Crippen LogP contribution < -0.4 is 4.74 Å². The summed E-state index contributed by atoms with van der Waals surface area (Å²) in [4.78, 5) is 7.52. The first-order chi connectivity index (χ1) is 14.0. The number of aromatic nitrogens is 5. The first kappa shape index (κ1) is 20.3. The van der Waals surface area contributed by atoms with Crippen molar-refractivity contribution in [1.29, 1.82) is 0 Å². The monoisotopic (exact) mass is 433 g/mol. The van der Waals surface area contributed by atoms with Gasteiger partial charge in [0, 0.05) is 18.0 Å². The smallest absolute Gasteiger partial charge is 0.425 e. The zero-order chi connectivity index (χ0) is 21.7. The van der Waals surface area contributed by atoms with Gasteiger partial charge in [-0.3, -0.25) is 9.38 Å². The molecule has 0 bridgehead atoms. The molecule has 1 unspecified atom stereocenters. The number of hydrogen-bond donors (Lipinski definition) is 0. The van der Waals surface area contributed by atoms with E-state index >= 15 is 0 Å². The first-order valence-corrected chi connectivity index (χ1v) is 8.71. The van der Waals surface area contributed by atoms with Crippen LogP contribution in [0.2, 0.25) is 0 Å². The van der Waals surface area contributed by atoms with E-state index in [2.05, 4.69) is 29.6 Å². The number of hydrogen-bond acceptors (Lipinski definition) is 6. The SMILES string of the molecule is CC(Oc1ncc(-c2cn3c(C(F)(F)OC4CC4)nnc3cn2)cc1F)C(F)(F)F. The summed E-state index contributed by atoms with van der Waals surface area (Å²) in [5.41, 5.74) is 0.0280. The molecule has 30 heavy (non-hydrogen) atoms. The third-order valence-electron chi connectivity index (χ3n) is 4.24. The minimum atomic E-state index is -4.70. The van der Waals surface area contributed by atoms with Crippen LogP contribution in [0.25, 0.3) is 16.9 Å². The van der Waals surface area contributed by atoms with Crippen LogP contribution in [0.1, 0.15) is 25.6 Å². The number of halogens is 6. The molecule has 3 aromatic heterocycles. The zero-order valence-electron chi connectivity index (χ0n) is 15.2. The molecule has 3 heterocycles. The van der Waals surface area contributed by atoms with Crippen molar-refractivity contribution in [1.82, 2.24) is 24.6 Å². The maximum atomic E-state index is 14.3. The van der Waals surface area contributed by atoms with Crippen LogP contribution >= 0.6 is 0 Å². The molecule has 0 amide bonds. The molecule has 1 aliphatic carbocycles. The third kappa shape index (κ3) is 4.01. The van der Waals surface area contributed by atoms with Crippen molar-refractivity contribution in [3.8, 4) is 17.1 Å². The Kier molecular flexibility index (Phi) is 4.79. The highest BCUT2D eigenvalue weighted by Crippen LogP contribution is 2.37. The van der Waals surface area contributed by atoms with E-state index in [1.54, 1.807) is 0 Å². The van der Waals surface area contributed by atoms with Gasteiger partial charge in [0.1, 0.15) is 0 Å². The molecule has 1 aliphatic rings. The molecule has 0 spiro atoms. The van der Waals surface area contributed by atoms with E-state index in [1.165, 1.54) is 0 Å². The molecular weight excluding hydrogens is 420 g/mol. The van der Waals surface area contributed by atoms with Crippen molar-refractivity contribution in [2.45, 2.75) is 44.3 Å². The van der Waals surface area contributed by atoms with Gasteiger partial charge in [-0.05, 0) is 25.8 Å². The summed E-state index contributed by atoms with van der Waals surface area (Å²) in [6.07, 6.45) is -6.91. The number of alkyl halides is 5. The highest BCUT2D eigenvalue weighted by atomic mass is 19.4. The Bertz CT molecular complexity index is 1080. The maximum absolute atomic E-state index is 14.3. The number of pyridine rings is 1. The largest absolute Gasteiger partial charge is 0.463 e. The predicted octanol–water partition coefficient (Wildman–Crippen LogP) is 3.88. The molecule has 3 aromatic rings. The van der Waals surface area contributed by atoms with Crippen molar-refractivity contribution >= 4 is 5.65 Å². The minimum absolute atomic E-state index is 0.000193. The van der Waals surface area contributed by atoms with E-state index in [0.717, 1.165) is 29.1 Å². The Labute approximate surface area is 164 Å². The van der Waals surface area contributed by atoms with Crippen LogP contribution in [-0.4, -0.2) is 43.0 Å². The number of ether oxygens (including phenoxy) is 2. The van der Waals surface area contributed by atoms with Crippen LogP contribution in [0.4, 0.5) is 26.3 Å². The van der Waals surface area contributed by atoms with Gasteiger partial charge in [0.25, 0.3) is 5.88 Å². The van der Waals surface area contributed by atoms with Gasteiger partial charge < -0.3 is 9.47 Å². The molecule has 0 aromatic carbocycles. The van der Waals surface area contributed by atoms with Gasteiger partial charge in [-0.2, -0.15) is 22.0 Å². The van der Waals surface area contributed by atoms with Crippen molar-refractivity contribution in [2.24, 2.45) is 0 Å².